The summed E-state index contributed by atoms with van der Waals surface area (Å²) in [6.45, 7) is 5.62. The van der Waals surface area contributed by atoms with Gasteiger partial charge < -0.3 is 15.4 Å². The fraction of sp³-hybridized carbons (Fsp3) is 0.438. The Hall–Kier alpha value is -1.81. The molecular weight excluding hydrogens is 252 g/mol. The first kappa shape index (κ1) is 16.2. The average molecular weight is 276 g/mol. The minimum absolute atomic E-state index is 0.0506. The number of hydrogen-bond acceptors (Lipinski definition) is 3. The van der Waals surface area contributed by atoms with Crippen LogP contribution in [0, 0.1) is 0 Å². The summed E-state index contributed by atoms with van der Waals surface area (Å²) >= 11 is 0. The van der Waals surface area contributed by atoms with Gasteiger partial charge in [0, 0.05) is 13.1 Å². The van der Waals surface area contributed by atoms with Crippen LogP contribution in [-0.2, 0) is 11.2 Å². The van der Waals surface area contributed by atoms with Gasteiger partial charge in [-0.2, -0.15) is 0 Å². The molecule has 2 atom stereocenters. The van der Waals surface area contributed by atoms with E-state index >= 15 is 0 Å². The monoisotopic (exact) mass is 276 g/mol. The molecule has 0 aromatic heterocycles. The number of likely N-dealkylation sites (N-methyl/N-ethyl adjacent to an activating group) is 1. The molecule has 1 amide bonds. The van der Waals surface area contributed by atoms with Crippen LogP contribution < -0.4 is 10.5 Å². The Kier molecular flexibility index (Phi) is 6.25. The second-order valence-corrected chi connectivity index (χ2v) is 4.95. The van der Waals surface area contributed by atoms with Gasteiger partial charge in [-0.05, 0) is 31.4 Å². The van der Waals surface area contributed by atoms with Gasteiger partial charge in [0.25, 0.3) is 0 Å². The van der Waals surface area contributed by atoms with Crippen LogP contribution in [0.4, 0.5) is 0 Å². The van der Waals surface area contributed by atoms with Crippen LogP contribution in [0.5, 0.6) is 5.75 Å². The molecule has 0 aliphatic carbocycles. The molecule has 4 heteroatoms. The van der Waals surface area contributed by atoms with Crippen LogP contribution in [0.1, 0.15) is 18.9 Å². The van der Waals surface area contributed by atoms with Gasteiger partial charge in [0.1, 0.15) is 5.75 Å². The first-order valence-electron chi connectivity index (χ1n) is 6.76. The van der Waals surface area contributed by atoms with Gasteiger partial charge in [0.2, 0.25) is 5.91 Å². The van der Waals surface area contributed by atoms with Crippen molar-refractivity contribution in [1.29, 1.82) is 0 Å². The standard InChI is InChI=1S/C16H24N2O2/c1-5-8-14(17)16(19)18(3)12(2)11-13-9-6-7-10-15(13)20-4/h5-7,9-10,12,14H,1,8,11,17H2,2-4H3. The number of ether oxygens (including phenoxy) is 1. The Labute approximate surface area is 121 Å². The first-order chi connectivity index (χ1) is 9.51. The zero-order valence-corrected chi connectivity index (χ0v) is 12.5. The number of rotatable bonds is 7. The fourth-order valence-corrected chi connectivity index (χ4v) is 2.09. The van der Waals surface area contributed by atoms with E-state index in [4.69, 9.17) is 10.5 Å². The summed E-state index contributed by atoms with van der Waals surface area (Å²) in [6, 6.07) is 7.37. The van der Waals surface area contributed by atoms with E-state index in [1.807, 2.05) is 31.2 Å². The average Bonchev–Trinajstić information content (AvgIpc) is 2.46. The van der Waals surface area contributed by atoms with Crippen molar-refractivity contribution >= 4 is 5.91 Å². The molecule has 0 saturated carbocycles. The van der Waals surface area contributed by atoms with Crippen LogP contribution in [-0.4, -0.2) is 37.0 Å². The SMILES string of the molecule is C=CCC(N)C(=O)N(C)C(C)Cc1ccccc1OC. The molecule has 0 saturated heterocycles. The Morgan fingerprint density at radius 3 is 2.75 bits per heavy atom. The molecule has 0 aliphatic heterocycles. The summed E-state index contributed by atoms with van der Waals surface area (Å²) in [7, 11) is 3.43. The van der Waals surface area contributed by atoms with Gasteiger partial charge in [-0.1, -0.05) is 24.3 Å². The number of nitrogens with zero attached hydrogens (tertiary/aromatic N) is 1. The maximum Gasteiger partial charge on any atom is 0.239 e. The minimum atomic E-state index is -0.516. The minimum Gasteiger partial charge on any atom is -0.496 e. The third-order valence-electron chi connectivity index (χ3n) is 3.45. The van der Waals surface area contributed by atoms with Gasteiger partial charge in [-0.3, -0.25) is 4.79 Å². The second-order valence-electron chi connectivity index (χ2n) is 4.95. The zero-order valence-electron chi connectivity index (χ0n) is 12.5. The summed E-state index contributed by atoms with van der Waals surface area (Å²) in [6.07, 6.45) is 2.89. The quantitative estimate of drug-likeness (QED) is 0.775. The number of carbonyl (C=O) groups excluding carboxylic acids is 1. The van der Waals surface area contributed by atoms with Crippen LogP contribution in [0.15, 0.2) is 36.9 Å². The first-order valence-corrected chi connectivity index (χ1v) is 6.76. The molecular formula is C16H24N2O2. The predicted octanol–water partition coefficient (Wildman–Crippen LogP) is 1.99. The van der Waals surface area contributed by atoms with Crippen molar-refractivity contribution in [3.8, 4) is 5.75 Å². The lowest BCUT2D eigenvalue weighted by atomic mass is 10.0. The molecule has 20 heavy (non-hydrogen) atoms. The van der Waals surface area contributed by atoms with Crippen LogP contribution in [0.3, 0.4) is 0 Å². The largest absolute Gasteiger partial charge is 0.496 e. The van der Waals surface area contributed by atoms with E-state index in [0.717, 1.165) is 17.7 Å². The molecule has 0 bridgehead atoms. The van der Waals surface area contributed by atoms with E-state index in [1.165, 1.54) is 0 Å². The van der Waals surface area contributed by atoms with E-state index in [0.29, 0.717) is 6.42 Å². The van der Waals surface area contributed by atoms with Gasteiger partial charge in [-0.25, -0.2) is 0 Å². The molecule has 0 radical (unpaired) electrons. The van der Waals surface area contributed by atoms with E-state index in [-0.39, 0.29) is 11.9 Å². The van der Waals surface area contributed by atoms with Gasteiger partial charge in [0.15, 0.2) is 0 Å². The van der Waals surface area contributed by atoms with Crippen molar-refractivity contribution < 1.29 is 9.53 Å². The molecule has 0 fully saturated rings. The third-order valence-corrected chi connectivity index (χ3v) is 3.45. The molecule has 110 valence electrons. The highest BCUT2D eigenvalue weighted by atomic mass is 16.5. The van der Waals surface area contributed by atoms with E-state index < -0.39 is 6.04 Å². The summed E-state index contributed by atoms with van der Waals surface area (Å²) in [5.74, 6) is 0.780. The van der Waals surface area contributed by atoms with Gasteiger partial charge in [-0.15, -0.1) is 6.58 Å². The molecule has 1 aromatic rings. The fourth-order valence-electron chi connectivity index (χ4n) is 2.09. The summed E-state index contributed by atoms with van der Waals surface area (Å²) in [5, 5.41) is 0. The smallest absolute Gasteiger partial charge is 0.239 e. The maximum absolute atomic E-state index is 12.1. The van der Waals surface area contributed by atoms with Crippen molar-refractivity contribution in [2.75, 3.05) is 14.2 Å². The van der Waals surface area contributed by atoms with E-state index in [2.05, 4.69) is 6.58 Å². The van der Waals surface area contributed by atoms with Crippen molar-refractivity contribution in [1.82, 2.24) is 4.90 Å². The third kappa shape index (κ3) is 4.10. The van der Waals surface area contributed by atoms with E-state index in [1.54, 1.807) is 25.1 Å². The van der Waals surface area contributed by atoms with Crippen molar-refractivity contribution in [3.05, 3.63) is 42.5 Å². The number of hydrogen-bond donors (Lipinski definition) is 1. The van der Waals surface area contributed by atoms with Gasteiger partial charge in [0.05, 0.1) is 13.2 Å². The number of amides is 1. The number of para-hydroxylation sites is 1. The summed E-state index contributed by atoms with van der Waals surface area (Å²) in [5.41, 5.74) is 6.91. The lowest BCUT2D eigenvalue weighted by Crippen LogP contribution is -2.46. The summed E-state index contributed by atoms with van der Waals surface area (Å²) < 4.78 is 5.33. The Morgan fingerprint density at radius 2 is 2.15 bits per heavy atom. The Balaban J connectivity index is 2.72. The van der Waals surface area contributed by atoms with Crippen LogP contribution >= 0.6 is 0 Å². The van der Waals surface area contributed by atoms with Crippen molar-refractivity contribution in [2.24, 2.45) is 5.73 Å². The molecule has 2 N–H and O–H groups in total. The lowest BCUT2D eigenvalue weighted by Gasteiger charge is -2.27. The molecule has 0 heterocycles. The zero-order chi connectivity index (χ0) is 15.1. The summed E-state index contributed by atoms with van der Waals surface area (Å²) in [4.78, 5) is 13.8. The molecule has 4 nitrogen and oxygen atoms in total. The Morgan fingerprint density at radius 1 is 1.50 bits per heavy atom. The van der Waals surface area contributed by atoms with Crippen molar-refractivity contribution in [3.63, 3.8) is 0 Å². The predicted molar refractivity (Wildman–Crippen MR) is 81.7 cm³/mol. The Bertz CT molecular complexity index is 460. The second kappa shape index (κ2) is 7.70. The molecule has 1 rings (SSSR count). The topological polar surface area (TPSA) is 55.6 Å². The number of methoxy groups -OCH3 is 1. The van der Waals surface area contributed by atoms with E-state index in [9.17, 15) is 4.79 Å². The highest BCUT2D eigenvalue weighted by Gasteiger charge is 2.21. The normalized spacial score (nSPS) is 13.4. The number of benzene rings is 1. The molecule has 1 aromatic carbocycles. The maximum atomic E-state index is 12.1. The number of nitrogens with two attached hydrogens (primary N) is 1. The highest BCUT2D eigenvalue weighted by Crippen LogP contribution is 2.20. The lowest BCUT2D eigenvalue weighted by molar-refractivity contribution is -0.132. The van der Waals surface area contributed by atoms with Crippen LogP contribution in [0.25, 0.3) is 0 Å². The molecule has 0 aliphatic rings. The number of carbonyl (C=O) groups is 1. The molecule has 0 spiro atoms. The molecule has 2 unspecified atom stereocenters. The van der Waals surface area contributed by atoms with Gasteiger partial charge >= 0.3 is 0 Å². The van der Waals surface area contributed by atoms with Crippen LogP contribution in [0.2, 0.25) is 0 Å². The highest BCUT2D eigenvalue weighted by molar-refractivity contribution is 5.81. The van der Waals surface area contributed by atoms with Crippen molar-refractivity contribution in [2.45, 2.75) is 31.8 Å².